The fourth-order valence-electron chi connectivity index (χ4n) is 2.51. The van der Waals surface area contributed by atoms with E-state index in [4.69, 9.17) is 9.47 Å². The second-order valence-electron chi connectivity index (χ2n) is 7.28. The van der Waals surface area contributed by atoms with E-state index in [1.54, 1.807) is 20.8 Å². The Bertz CT molecular complexity index is 668. The maximum absolute atomic E-state index is 11.8. The van der Waals surface area contributed by atoms with Gasteiger partial charge in [-0.15, -0.1) is 0 Å². The molecule has 0 bridgehead atoms. The van der Waals surface area contributed by atoms with Crippen molar-refractivity contribution in [1.82, 2.24) is 5.32 Å². The first-order valence-electron chi connectivity index (χ1n) is 8.88. The highest BCUT2D eigenvalue weighted by molar-refractivity contribution is 5.73. The molecule has 26 heavy (non-hydrogen) atoms. The van der Waals surface area contributed by atoms with Crippen LogP contribution in [0.4, 0.5) is 4.79 Å². The van der Waals surface area contributed by atoms with Gasteiger partial charge in [-0.1, -0.05) is 30.4 Å². The number of alkyl carbamates (subject to hydrolysis) is 1. The van der Waals surface area contributed by atoms with Gasteiger partial charge in [0.1, 0.15) is 24.2 Å². The highest BCUT2D eigenvalue weighted by atomic mass is 16.6. The van der Waals surface area contributed by atoms with Crippen LogP contribution in [0.3, 0.4) is 0 Å². The average molecular weight is 357 g/mol. The largest absolute Gasteiger partial charge is 0.489 e. The molecule has 0 saturated carbocycles. The third-order valence-corrected chi connectivity index (χ3v) is 3.72. The minimum absolute atomic E-state index is 0.400. The first-order chi connectivity index (χ1) is 12.4. The molecule has 0 fully saturated rings. The third kappa shape index (κ3) is 7.13. The van der Waals surface area contributed by atoms with E-state index in [0.29, 0.717) is 13.0 Å². The topological polar surface area (TPSA) is 64.6 Å². The lowest BCUT2D eigenvalue weighted by Crippen LogP contribution is -2.41. The van der Waals surface area contributed by atoms with Gasteiger partial charge in [-0.3, -0.25) is 0 Å². The lowest BCUT2D eigenvalue weighted by atomic mass is 10.1. The number of carbonyl (C=O) groups excluding carboxylic acids is 2. The molecule has 140 valence electrons. The van der Waals surface area contributed by atoms with E-state index in [2.05, 4.69) is 23.5 Å². The number of hydrogen-bond donors (Lipinski definition) is 1. The fourth-order valence-corrected chi connectivity index (χ4v) is 2.51. The van der Waals surface area contributed by atoms with Crippen LogP contribution < -0.4 is 10.1 Å². The number of hydrogen-bond acceptors (Lipinski definition) is 4. The molecule has 1 aromatic carbocycles. The van der Waals surface area contributed by atoms with Crippen molar-refractivity contribution in [3.8, 4) is 5.75 Å². The molecule has 1 aliphatic rings. The zero-order valence-corrected chi connectivity index (χ0v) is 15.7. The lowest BCUT2D eigenvalue weighted by molar-refractivity contribution is -0.109. The normalized spacial score (nSPS) is 15.0. The van der Waals surface area contributed by atoms with E-state index >= 15 is 0 Å². The maximum atomic E-state index is 11.8. The number of nitrogens with one attached hydrogen (secondary N) is 1. The van der Waals surface area contributed by atoms with Gasteiger partial charge >= 0.3 is 6.09 Å². The molecule has 1 atom stereocenters. The molecule has 0 aromatic heterocycles. The molecule has 5 nitrogen and oxygen atoms in total. The molecular formula is C21H27NO4. The van der Waals surface area contributed by atoms with Gasteiger partial charge in [-0.05, 0) is 63.3 Å². The number of rotatable bonds is 7. The van der Waals surface area contributed by atoms with Crippen LogP contribution in [-0.4, -0.2) is 30.6 Å². The molecule has 5 heteroatoms. The molecule has 2 rings (SSSR count). The fraction of sp³-hybridized carbons (Fsp3) is 0.429. The Hall–Kier alpha value is -2.56. The molecule has 0 unspecified atom stereocenters. The van der Waals surface area contributed by atoms with Crippen LogP contribution in [0.5, 0.6) is 5.75 Å². The molecular weight excluding hydrogens is 330 g/mol. The molecule has 0 aliphatic heterocycles. The van der Waals surface area contributed by atoms with Crippen molar-refractivity contribution in [2.24, 2.45) is 0 Å². The predicted molar refractivity (Wildman–Crippen MR) is 101 cm³/mol. The Balaban J connectivity index is 1.84. The zero-order chi connectivity index (χ0) is 19.0. The molecule has 1 aromatic rings. The lowest BCUT2D eigenvalue weighted by Gasteiger charge is -2.21. The van der Waals surface area contributed by atoms with Crippen LogP contribution >= 0.6 is 0 Å². The van der Waals surface area contributed by atoms with Gasteiger partial charge in [0.15, 0.2) is 0 Å². The van der Waals surface area contributed by atoms with Crippen LogP contribution in [0.2, 0.25) is 0 Å². The van der Waals surface area contributed by atoms with E-state index in [1.165, 1.54) is 5.57 Å². The smallest absolute Gasteiger partial charge is 0.408 e. The number of aldehydes is 1. The number of amides is 1. The van der Waals surface area contributed by atoms with Gasteiger partial charge in [0, 0.05) is 0 Å². The summed E-state index contributed by atoms with van der Waals surface area (Å²) >= 11 is 0. The Labute approximate surface area is 155 Å². The summed E-state index contributed by atoms with van der Waals surface area (Å²) < 4.78 is 10.9. The van der Waals surface area contributed by atoms with Gasteiger partial charge in [-0.25, -0.2) is 4.79 Å². The van der Waals surface area contributed by atoms with Crippen molar-refractivity contribution in [1.29, 1.82) is 0 Å². The quantitative estimate of drug-likeness (QED) is 0.750. The summed E-state index contributed by atoms with van der Waals surface area (Å²) in [5.41, 5.74) is 1.52. The molecule has 1 amide bonds. The summed E-state index contributed by atoms with van der Waals surface area (Å²) in [6.45, 7) is 5.88. The number of carbonyl (C=O) groups is 2. The van der Waals surface area contributed by atoms with Gasteiger partial charge in [-0.2, -0.15) is 0 Å². The van der Waals surface area contributed by atoms with Gasteiger partial charge < -0.3 is 19.6 Å². The summed E-state index contributed by atoms with van der Waals surface area (Å²) in [7, 11) is 0. The van der Waals surface area contributed by atoms with Crippen molar-refractivity contribution >= 4 is 12.4 Å². The first-order valence-corrected chi connectivity index (χ1v) is 8.88. The summed E-state index contributed by atoms with van der Waals surface area (Å²) in [6, 6.07) is 6.91. The molecule has 0 heterocycles. The zero-order valence-electron chi connectivity index (χ0n) is 15.7. The Morgan fingerprint density at radius 1 is 1.23 bits per heavy atom. The maximum Gasteiger partial charge on any atom is 0.408 e. The standard InChI is InChI=1S/C21H27NO4/c1-21(2,3)26-20(24)22-18(14-23)13-16-9-11-19(12-10-16)25-15-17-7-5-4-6-8-17/h5,7-12,14,18H,4,6,13,15H2,1-3H3,(H,22,24)/t18-/m0/s1. The Morgan fingerprint density at radius 3 is 2.54 bits per heavy atom. The van der Waals surface area contributed by atoms with Crippen molar-refractivity contribution in [2.45, 2.75) is 51.7 Å². The van der Waals surface area contributed by atoms with E-state index in [-0.39, 0.29) is 0 Å². The van der Waals surface area contributed by atoms with Crippen molar-refractivity contribution in [3.05, 3.63) is 53.6 Å². The number of ether oxygens (including phenoxy) is 2. The molecule has 1 aliphatic carbocycles. The molecule has 0 saturated heterocycles. The Morgan fingerprint density at radius 2 is 1.96 bits per heavy atom. The van der Waals surface area contributed by atoms with Gasteiger partial charge in [0.25, 0.3) is 0 Å². The van der Waals surface area contributed by atoms with Gasteiger partial charge in [0.05, 0.1) is 6.04 Å². The summed E-state index contributed by atoms with van der Waals surface area (Å²) in [5.74, 6) is 0.774. The van der Waals surface area contributed by atoms with Crippen molar-refractivity contribution in [3.63, 3.8) is 0 Å². The van der Waals surface area contributed by atoms with Gasteiger partial charge in [0.2, 0.25) is 0 Å². The summed E-state index contributed by atoms with van der Waals surface area (Å²) in [4.78, 5) is 23.0. The monoisotopic (exact) mass is 357 g/mol. The first kappa shape index (κ1) is 19.8. The minimum Gasteiger partial charge on any atom is -0.489 e. The van der Waals surface area contributed by atoms with E-state index in [1.807, 2.05) is 24.3 Å². The Kier molecular flexibility index (Phi) is 7.01. The predicted octanol–water partition coefficient (Wildman–Crippen LogP) is 3.98. The average Bonchev–Trinajstić information content (AvgIpc) is 2.60. The van der Waals surface area contributed by atoms with Crippen LogP contribution in [0.1, 0.15) is 39.2 Å². The second kappa shape index (κ2) is 9.22. The summed E-state index contributed by atoms with van der Waals surface area (Å²) in [6.07, 6.45) is 9.11. The summed E-state index contributed by atoms with van der Waals surface area (Å²) in [5, 5.41) is 2.58. The van der Waals surface area contributed by atoms with E-state index in [0.717, 1.165) is 30.4 Å². The van der Waals surface area contributed by atoms with Crippen LogP contribution in [-0.2, 0) is 16.0 Å². The third-order valence-electron chi connectivity index (χ3n) is 3.72. The SMILES string of the molecule is CC(C)(C)OC(=O)N[C@H](C=O)Cc1ccc(OCC2=CCCC=C2)cc1. The highest BCUT2D eigenvalue weighted by Crippen LogP contribution is 2.16. The molecule has 0 spiro atoms. The van der Waals surface area contributed by atoms with E-state index in [9.17, 15) is 9.59 Å². The second-order valence-corrected chi connectivity index (χ2v) is 7.28. The van der Waals surface area contributed by atoms with E-state index < -0.39 is 17.7 Å². The van der Waals surface area contributed by atoms with Crippen LogP contribution in [0, 0.1) is 0 Å². The number of allylic oxidation sites excluding steroid dienone is 2. The molecule has 0 radical (unpaired) electrons. The van der Waals surface area contributed by atoms with Crippen LogP contribution in [0.15, 0.2) is 48.1 Å². The van der Waals surface area contributed by atoms with Crippen LogP contribution in [0.25, 0.3) is 0 Å². The number of benzene rings is 1. The van der Waals surface area contributed by atoms with Crippen molar-refractivity contribution < 1.29 is 19.1 Å². The molecule has 1 N–H and O–H groups in total. The minimum atomic E-state index is -0.630. The van der Waals surface area contributed by atoms with Crippen molar-refractivity contribution in [2.75, 3.05) is 6.61 Å². The highest BCUT2D eigenvalue weighted by Gasteiger charge is 2.19.